The van der Waals surface area contributed by atoms with Gasteiger partial charge in [-0.1, -0.05) is 13.3 Å². The summed E-state index contributed by atoms with van der Waals surface area (Å²) in [4.78, 5) is 12.2. The standard InChI is InChI=1S/C14H20ClNO4S/c1-4-6-10(3)16-14(17)12-9-11(21(15,18)19)7-8-13(12)20-5-2/h7-10H,4-6H2,1-3H3,(H,16,17). The molecule has 0 heterocycles. The number of nitrogens with one attached hydrogen (secondary N) is 1. The highest BCUT2D eigenvalue weighted by Crippen LogP contribution is 2.25. The fraction of sp³-hybridized carbons (Fsp3) is 0.500. The second-order valence-corrected chi connectivity index (χ2v) is 7.26. The average Bonchev–Trinajstić information content (AvgIpc) is 2.38. The van der Waals surface area contributed by atoms with Crippen LogP contribution >= 0.6 is 10.7 Å². The van der Waals surface area contributed by atoms with E-state index in [1.807, 2.05) is 13.8 Å². The second-order valence-electron chi connectivity index (χ2n) is 4.69. The first kappa shape index (κ1) is 17.8. The third-order valence-electron chi connectivity index (χ3n) is 2.88. The minimum Gasteiger partial charge on any atom is -0.493 e. The number of hydrogen-bond donors (Lipinski definition) is 1. The highest BCUT2D eigenvalue weighted by atomic mass is 35.7. The van der Waals surface area contributed by atoms with E-state index in [1.54, 1.807) is 6.92 Å². The molecule has 0 saturated heterocycles. The molecule has 0 spiro atoms. The lowest BCUT2D eigenvalue weighted by Gasteiger charge is -2.15. The zero-order valence-corrected chi connectivity index (χ0v) is 13.9. The molecule has 0 saturated carbocycles. The van der Waals surface area contributed by atoms with Gasteiger partial charge >= 0.3 is 0 Å². The van der Waals surface area contributed by atoms with Crippen molar-refractivity contribution in [3.8, 4) is 5.75 Å². The summed E-state index contributed by atoms with van der Waals surface area (Å²) in [7, 11) is 1.43. The van der Waals surface area contributed by atoms with Crippen LogP contribution in [-0.2, 0) is 9.05 Å². The predicted molar refractivity (Wildman–Crippen MR) is 82.5 cm³/mol. The number of carbonyl (C=O) groups is 1. The molecule has 7 heteroatoms. The Hall–Kier alpha value is -1.27. The highest BCUT2D eigenvalue weighted by molar-refractivity contribution is 8.13. The van der Waals surface area contributed by atoms with E-state index < -0.39 is 9.05 Å². The van der Waals surface area contributed by atoms with Crippen molar-refractivity contribution in [3.05, 3.63) is 23.8 Å². The summed E-state index contributed by atoms with van der Waals surface area (Å²) in [6, 6.07) is 3.99. The normalized spacial score (nSPS) is 12.8. The maximum Gasteiger partial charge on any atom is 0.261 e. The van der Waals surface area contributed by atoms with Gasteiger partial charge in [-0.15, -0.1) is 0 Å². The largest absolute Gasteiger partial charge is 0.493 e. The lowest BCUT2D eigenvalue weighted by atomic mass is 10.1. The molecule has 0 radical (unpaired) electrons. The number of amides is 1. The van der Waals surface area contributed by atoms with Gasteiger partial charge in [0.1, 0.15) is 5.75 Å². The van der Waals surface area contributed by atoms with Crippen LogP contribution in [-0.4, -0.2) is 27.0 Å². The molecule has 118 valence electrons. The van der Waals surface area contributed by atoms with E-state index in [-0.39, 0.29) is 22.4 Å². The lowest BCUT2D eigenvalue weighted by Crippen LogP contribution is -2.32. The van der Waals surface area contributed by atoms with Crippen LogP contribution in [0.25, 0.3) is 0 Å². The topological polar surface area (TPSA) is 72.5 Å². The van der Waals surface area contributed by atoms with Gasteiger partial charge in [-0.2, -0.15) is 0 Å². The first-order valence-corrected chi connectivity index (χ1v) is 9.12. The van der Waals surface area contributed by atoms with E-state index in [0.717, 1.165) is 12.8 Å². The van der Waals surface area contributed by atoms with E-state index in [2.05, 4.69) is 5.32 Å². The third-order valence-corrected chi connectivity index (χ3v) is 4.23. The fourth-order valence-corrected chi connectivity index (χ4v) is 2.70. The number of hydrogen-bond acceptors (Lipinski definition) is 4. The predicted octanol–water partition coefficient (Wildman–Crippen LogP) is 2.93. The molecule has 1 rings (SSSR count). The molecule has 1 N–H and O–H groups in total. The van der Waals surface area contributed by atoms with Crippen molar-refractivity contribution >= 4 is 25.6 Å². The summed E-state index contributed by atoms with van der Waals surface area (Å²) >= 11 is 0. The number of benzene rings is 1. The van der Waals surface area contributed by atoms with Crippen molar-refractivity contribution in [1.29, 1.82) is 0 Å². The van der Waals surface area contributed by atoms with Crippen LogP contribution in [0.2, 0.25) is 0 Å². The molecule has 5 nitrogen and oxygen atoms in total. The molecule has 0 bridgehead atoms. The highest BCUT2D eigenvalue weighted by Gasteiger charge is 2.19. The maximum absolute atomic E-state index is 12.3. The SMILES string of the molecule is CCCC(C)NC(=O)c1cc(S(=O)(=O)Cl)ccc1OCC. The molecule has 1 aromatic carbocycles. The molecular formula is C14H20ClNO4S. The van der Waals surface area contributed by atoms with Crippen LogP contribution in [0.15, 0.2) is 23.1 Å². The summed E-state index contributed by atoms with van der Waals surface area (Å²) < 4.78 is 28.2. The van der Waals surface area contributed by atoms with Gasteiger partial charge in [0.2, 0.25) is 0 Å². The van der Waals surface area contributed by atoms with E-state index in [0.29, 0.717) is 12.4 Å². The molecule has 1 atom stereocenters. The van der Waals surface area contributed by atoms with Crippen LogP contribution < -0.4 is 10.1 Å². The molecule has 0 aliphatic heterocycles. The minimum atomic E-state index is -3.89. The van der Waals surface area contributed by atoms with Crippen LogP contribution in [0.1, 0.15) is 44.0 Å². The Balaban J connectivity index is 3.14. The van der Waals surface area contributed by atoms with Gasteiger partial charge in [0.05, 0.1) is 17.1 Å². The summed E-state index contributed by atoms with van der Waals surface area (Å²) in [6.07, 6.45) is 1.78. The number of rotatable bonds is 7. The Morgan fingerprint density at radius 1 is 1.38 bits per heavy atom. The van der Waals surface area contributed by atoms with E-state index >= 15 is 0 Å². The van der Waals surface area contributed by atoms with Gasteiger partial charge < -0.3 is 10.1 Å². The van der Waals surface area contributed by atoms with Crippen molar-refractivity contribution in [3.63, 3.8) is 0 Å². The zero-order chi connectivity index (χ0) is 16.0. The summed E-state index contributed by atoms with van der Waals surface area (Å²) in [6.45, 7) is 6.07. The van der Waals surface area contributed by atoms with Crippen LogP contribution in [0.4, 0.5) is 0 Å². The minimum absolute atomic E-state index is 0.00626. The second kappa shape index (κ2) is 7.66. The Labute approximate surface area is 130 Å². The van der Waals surface area contributed by atoms with Crippen LogP contribution in [0, 0.1) is 0 Å². The van der Waals surface area contributed by atoms with Crippen molar-refractivity contribution in [2.24, 2.45) is 0 Å². The molecule has 0 fully saturated rings. The fourth-order valence-electron chi connectivity index (χ4n) is 1.93. The summed E-state index contributed by atoms with van der Waals surface area (Å²) in [5.41, 5.74) is 0.168. The van der Waals surface area contributed by atoms with Gasteiger partial charge in [0.15, 0.2) is 0 Å². The molecule has 0 aromatic heterocycles. The van der Waals surface area contributed by atoms with Crippen molar-refractivity contribution in [2.75, 3.05) is 6.61 Å². The van der Waals surface area contributed by atoms with Crippen LogP contribution in [0.3, 0.4) is 0 Å². The van der Waals surface area contributed by atoms with E-state index in [9.17, 15) is 13.2 Å². The molecule has 21 heavy (non-hydrogen) atoms. The summed E-state index contributed by atoms with van der Waals surface area (Å²) in [5.74, 6) is -0.0377. The molecule has 1 aromatic rings. The van der Waals surface area contributed by atoms with Gasteiger partial charge in [-0.05, 0) is 38.5 Å². The van der Waals surface area contributed by atoms with E-state index in [4.69, 9.17) is 15.4 Å². The van der Waals surface area contributed by atoms with Gasteiger partial charge in [-0.3, -0.25) is 4.79 Å². The number of halogens is 1. The Morgan fingerprint density at radius 2 is 2.05 bits per heavy atom. The molecule has 0 aliphatic carbocycles. The average molecular weight is 334 g/mol. The smallest absolute Gasteiger partial charge is 0.261 e. The Kier molecular flexibility index (Phi) is 6.48. The van der Waals surface area contributed by atoms with Crippen molar-refractivity contribution in [1.82, 2.24) is 5.32 Å². The monoisotopic (exact) mass is 333 g/mol. The number of carbonyl (C=O) groups excluding carboxylic acids is 1. The lowest BCUT2D eigenvalue weighted by molar-refractivity contribution is 0.0934. The zero-order valence-electron chi connectivity index (χ0n) is 12.3. The Bertz CT molecular complexity index is 601. The maximum atomic E-state index is 12.3. The van der Waals surface area contributed by atoms with Crippen LogP contribution in [0.5, 0.6) is 5.75 Å². The van der Waals surface area contributed by atoms with Crippen molar-refractivity contribution < 1.29 is 17.9 Å². The van der Waals surface area contributed by atoms with E-state index in [1.165, 1.54) is 18.2 Å². The quantitative estimate of drug-likeness (QED) is 0.779. The first-order valence-electron chi connectivity index (χ1n) is 6.82. The molecule has 0 aliphatic rings. The van der Waals surface area contributed by atoms with Gasteiger partial charge in [0.25, 0.3) is 15.0 Å². The molecule has 1 unspecified atom stereocenters. The third kappa shape index (κ3) is 5.21. The van der Waals surface area contributed by atoms with Gasteiger partial charge in [-0.25, -0.2) is 8.42 Å². The van der Waals surface area contributed by atoms with Gasteiger partial charge in [0, 0.05) is 16.7 Å². The summed E-state index contributed by atoms with van der Waals surface area (Å²) in [5, 5.41) is 2.82. The van der Waals surface area contributed by atoms with Crippen molar-refractivity contribution in [2.45, 2.75) is 44.6 Å². The molecule has 1 amide bonds. The Morgan fingerprint density at radius 3 is 2.57 bits per heavy atom. The first-order chi connectivity index (χ1) is 9.79. The molecular weight excluding hydrogens is 314 g/mol. The number of ether oxygens (including phenoxy) is 1.